The van der Waals surface area contributed by atoms with Crippen LogP contribution in [0, 0.1) is 6.92 Å². The topological polar surface area (TPSA) is 113 Å². The molecule has 2 aromatic rings. The first kappa shape index (κ1) is 22.3. The van der Waals surface area contributed by atoms with Crippen molar-refractivity contribution in [3.8, 4) is 0 Å². The Balaban J connectivity index is 1.57. The second kappa shape index (κ2) is 8.95. The third-order valence-corrected chi connectivity index (χ3v) is 6.08. The number of nitrogens with zero attached hydrogens (tertiary/aromatic N) is 2. The molecule has 0 aliphatic carbocycles. The highest BCUT2D eigenvalue weighted by Gasteiger charge is 2.41. The number of aryl methyl sites for hydroxylation is 1. The number of amides is 1. The lowest BCUT2D eigenvalue weighted by atomic mass is 9.98. The largest absolute Gasteiger partial charge is 0.377 e. The van der Waals surface area contributed by atoms with Crippen LogP contribution in [-0.4, -0.2) is 65.6 Å². The summed E-state index contributed by atoms with van der Waals surface area (Å²) >= 11 is 0. The average Bonchev–Trinajstić information content (AvgIpc) is 2.81. The molecule has 1 saturated heterocycles. The average molecular weight is 447 g/mol. The molecular weight excluding hydrogens is 420 g/mol. The third-order valence-electron chi connectivity index (χ3n) is 6.08. The first-order valence-corrected chi connectivity index (χ1v) is 10.7. The lowest BCUT2D eigenvalue weighted by Crippen LogP contribution is -2.51. The molecule has 0 radical (unpaired) electrons. The van der Waals surface area contributed by atoms with Crippen molar-refractivity contribution >= 4 is 28.2 Å². The smallest absolute Gasteiger partial charge is 0.336 e. The predicted molar refractivity (Wildman–Crippen MR) is 118 cm³/mol. The summed E-state index contributed by atoms with van der Waals surface area (Å²) in [6.45, 7) is 2.34. The van der Waals surface area contributed by atoms with Gasteiger partial charge in [0.2, 0.25) is 0 Å². The highest BCUT2D eigenvalue weighted by Crippen LogP contribution is 2.31. The van der Waals surface area contributed by atoms with E-state index in [4.69, 9.17) is 10.5 Å². The van der Waals surface area contributed by atoms with Gasteiger partial charge >= 0.3 is 5.92 Å². The zero-order valence-electron chi connectivity index (χ0n) is 17.9. The van der Waals surface area contributed by atoms with E-state index in [1.807, 2.05) is 12.1 Å². The van der Waals surface area contributed by atoms with Gasteiger partial charge in [0.05, 0.1) is 25.3 Å². The Hall–Kier alpha value is -2.85. The number of nitrogens with two attached hydrogens (primary N) is 1. The first-order valence-electron chi connectivity index (χ1n) is 10.7. The number of aromatic amines is 1. The highest BCUT2D eigenvalue weighted by atomic mass is 19.3. The monoisotopic (exact) mass is 447 g/mol. The number of carbonyl (C=O) groups excluding carboxylic acids is 1. The van der Waals surface area contributed by atoms with Crippen molar-refractivity contribution in [2.75, 3.05) is 38.2 Å². The van der Waals surface area contributed by atoms with Gasteiger partial charge in [0.25, 0.3) is 11.5 Å². The van der Waals surface area contributed by atoms with Crippen molar-refractivity contribution < 1.29 is 18.3 Å². The Labute approximate surface area is 183 Å². The molecule has 0 saturated carbocycles. The van der Waals surface area contributed by atoms with Gasteiger partial charge in [-0.1, -0.05) is 6.08 Å². The van der Waals surface area contributed by atoms with Crippen LogP contribution in [0.3, 0.4) is 0 Å². The van der Waals surface area contributed by atoms with E-state index in [1.165, 1.54) is 0 Å². The number of H-pyrrole nitrogens is 1. The molecule has 10 heteroatoms. The lowest BCUT2D eigenvalue weighted by Gasteiger charge is -2.34. The van der Waals surface area contributed by atoms with Crippen molar-refractivity contribution in [1.82, 2.24) is 14.9 Å². The fourth-order valence-electron chi connectivity index (χ4n) is 4.17. The summed E-state index contributed by atoms with van der Waals surface area (Å²) in [4.78, 5) is 33.0. The van der Waals surface area contributed by atoms with E-state index in [-0.39, 0.29) is 24.7 Å². The molecule has 0 aromatic carbocycles. The maximum atomic E-state index is 13.6. The van der Waals surface area contributed by atoms with Crippen LogP contribution in [0.4, 0.5) is 14.6 Å². The Kier molecular flexibility index (Phi) is 6.25. The molecule has 32 heavy (non-hydrogen) atoms. The lowest BCUT2D eigenvalue weighted by molar-refractivity contribution is -0.156. The van der Waals surface area contributed by atoms with Gasteiger partial charge in [-0.05, 0) is 37.8 Å². The summed E-state index contributed by atoms with van der Waals surface area (Å²) in [5, 5.41) is 4.23. The zero-order valence-corrected chi connectivity index (χ0v) is 17.9. The molecule has 0 spiro atoms. The molecule has 1 fully saturated rings. The molecule has 2 aliphatic rings. The summed E-state index contributed by atoms with van der Waals surface area (Å²) in [5.74, 6) is -4.23. The van der Waals surface area contributed by atoms with Gasteiger partial charge in [0.15, 0.2) is 5.82 Å². The van der Waals surface area contributed by atoms with Crippen molar-refractivity contribution in [1.29, 1.82) is 0 Å². The number of pyridine rings is 2. The van der Waals surface area contributed by atoms with E-state index in [1.54, 1.807) is 13.1 Å². The number of likely N-dealkylation sites (tertiary alicyclic amines) is 1. The maximum absolute atomic E-state index is 13.6. The molecule has 4 N–H and O–H groups in total. The fraction of sp³-hybridized carbons (Fsp3) is 0.500. The Morgan fingerprint density at radius 1 is 1.41 bits per heavy atom. The third kappa shape index (κ3) is 4.37. The minimum Gasteiger partial charge on any atom is -0.377 e. The minimum atomic E-state index is -3.54. The van der Waals surface area contributed by atoms with Crippen LogP contribution >= 0.6 is 0 Å². The van der Waals surface area contributed by atoms with E-state index in [0.717, 1.165) is 27.8 Å². The summed E-state index contributed by atoms with van der Waals surface area (Å²) < 4.78 is 32.7. The second-order valence-corrected chi connectivity index (χ2v) is 8.26. The van der Waals surface area contributed by atoms with Crippen molar-refractivity contribution in [2.24, 2.45) is 5.73 Å². The fourth-order valence-corrected chi connectivity index (χ4v) is 4.17. The highest BCUT2D eigenvalue weighted by molar-refractivity contribution is 5.97. The molecule has 172 valence electrons. The molecule has 0 unspecified atom stereocenters. The van der Waals surface area contributed by atoms with Gasteiger partial charge in [-0.25, -0.2) is 4.98 Å². The predicted octanol–water partition coefficient (Wildman–Crippen LogP) is 2.03. The zero-order chi connectivity index (χ0) is 22.9. The summed E-state index contributed by atoms with van der Waals surface area (Å²) in [6.07, 6.45) is 5.55. The molecule has 4 heterocycles. The van der Waals surface area contributed by atoms with Gasteiger partial charge in [-0.2, -0.15) is 8.78 Å². The van der Waals surface area contributed by atoms with E-state index >= 15 is 0 Å². The number of fused-ring (bicyclic) bond motifs is 1. The van der Waals surface area contributed by atoms with Crippen LogP contribution in [0.2, 0.25) is 0 Å². The first-order chi connectivity index (χ1) is 15.3. The van der Waals surface area contributed by atoms with Crippen LogP contribution in [0.15, 0.2) is 23.1 Å². The van der Waals surface area contributed by atoms with E-state index in [0.29, 0.717) is 43.0 Å². The van der Waals surface area contributed by atoms with E-state index in [9.17, 15) is 18.4 Å². The molecule has 0 atom stereocenters. The summed E-state index contributed by atoms with van der Waals surface area (Å²) in [5.41, 5.74) is 8.14. The van der Waals surface area contributed by atoms with Gasteiger partial charge in [-0.3, -0.25) is 9.59 Å². The number of hydrogen-bond donors (Lipinski definition) is 3. The Morgan fingerprint density at radius 3 is 2.81 bits per heavy atom. The van der Waals surface area contributed by atoms with Crippen LogP contribution in [0.25, 0.3) is 16.5 Å². The number of rotatable bonds is 5. The number of piperidine rings is 1. The van der Waals surface area contributed by atoms with Gasteiger partial charge in [-0.15, -0.1) is 0 Å². The van der Waals surface area contributed by atoms with Crippen molar-refractivity contribution in [3.63, 3.8) is 0 Å². The molecule has 8 nitrogen and oxygen atoms in total. The van der Waals surface area contributed by atoms with Crippen LogP contribution in [0.5, 0.6) is 0 Å². The van der Waals surface area contributed by atoms with Crippen molar-refractivity contribution in [2.45, 2.75) is 38.2 Å². The number of halogens is 2. The number of anilines is 1. The van der Waals surface area contributed by atoms with Crippen LogP contribution in [0.1, 0.15) is 30.4 Å². The van der Waals surface area contributed by atoms with E-state index < -0.39 is 18.4 Å². The molecule has 4 rings (SSSR count). The standard InChI is InChI=1S/C22H27F2N5O3/c1-13-10-16-17(14-4-8-32-9-5-14)11-26-19(18(16)28-20(13)30)27-15-2-6-29(7-3-15)21(31)22(23,24)12-25/h4,10-11,15H,2-3,5-9,12,25H2,1H3,(H,26,27)(H,28,30). The number of alkyl halides is 2. The maximum Gasteiger partial charge on any atom is 0.336 e. The van der Waals surface area contributed by atoms with Gasteiger partial charge in [0, 0.05) is 41.8 Å². The van der Waals surface area contributed by atoms with E-state index in [2.05, 4.69) is 15.3 Å². The summed E-state index contributed by atoms with van der Waals surface area (Å²) in [6, 6.07) is 1.79. The van der Waals surface area contributed by atoms with Crippen LogP contribution < -0.4 is 16.6 Å². The molecular formula is C22H27F2N5O3. The summed E-state index contributed by atoms with van der Waals surface area (Å²) in [7, 11) is 0. The molecule has 0 bridgehead atoms. The van der Waals surface area contributed by atoms with Gasteiger partial charge < -0.3 is 25.7 Å². The minimum absolute atomic E-state index is 0.0702. The molecule has 1 amide bonds. The van der Waals surface area contributed by atoms with Crippen molar-refractivity contribution in [3.05, 3.63) is 39.8 Å². The normalized spacial score (nSPS) is 18.0. The molecule has 2 aliphatic heterocycles. The number of ether oxygens (including phenoxy) is 1. The Bertz CT molecular complexity index is 1110. The van der Waals surface area contributed by atoms with Gasteiger partial charge in [0.1, 0.15) is 0 Å². The number of carbonyl (C=O) groups is 1. The molecule has 2 aromatic heterocycles. The quantitative estimate of drug-likeness (QED) is 0.647. The Morgan fingerprint density at radius 2 is 2.16 bits per heavy atom. The second-order valence-electron chi connectivity index (χ2n) is 8.26. The SMILES string of the molecule is Cc1cc2c(C3=CCOCC3)cnc(NC3CCN(C(=O)C(F)(F)CN)CC3)c2[nH]c1=O. The number of hydrogen-bond acceptors (Lipinski definition) is 6. The number of aromatic nitrogens is 2. The van der Waals surface area contributed by atoms with Crippen LogP contribution in [-0.2, 0) is 9.53 Å². The number of nitrogens with one attached hydrogen (secondary N) is 2.